The third-order valence-corrected chi connectivity index (χ3v) is 5.21. The second-order valence-electron chi connectivity index (χ2n) is 5.63. The summed E-state index contributed by atoms with van der Waals surface area (Å²) in [6, 6.07) is 8.91. The Morgan fingerprint density at radius 3 is 2.44 bits per heavy atom. The highest BCUT2D eigenvalue weighted by Gasteiger charge is 2.30. The molecule has 0 atom stereocenters. The predicted molar refractivity (Wildman–Crippen MR) is 96.5 cm³/mol. The van der Waals surface area contributed by atoms with Gasteiger partial charge in [-0.1, -0.05) is 18.2 Å². The summed E-state index contributed by atoms with van der Waals surface area (Å²) in [5.74, 6) is -0.607. The first-order chi connectivity index (χ1) is 12.5. The molecule has 0 heterocycles. The smallest absolute Gasteiger partial charge is 0.322 e. The molecule has 0 aliphatic rings. The molecular weight excluding hydrogens is 381 g/mol. The summed E-state index contributed by atoms with van der Waals surface area (Å²) in [5, 5.41) is 2.48. The maximum Gasteiger partial charge on any atom is 0.416 e. The average molecular weight is 398 g/mol. The molecule has 5 nitrogen and oxygen atoms in total. The van der Waals surface area contributed by atoms with Gasteiger partial charge in [-0.15, -0.1) is 0 Å². The number of sulfonamides is 1. The van der Waals surface area contributed by atoms with E-state index in [0.717, 1.165) is 18.2 Å². The molecule has 0 unspecified atom stereocenters. The summed E-state index contributed by atoms with van der Waals surface area (Å²) in [5.41, 5.74) is 0.141. The van der Waals surface area contributed by atoms with Crippen LogP contribution in [-0.2, 0) is 21.0 Å². The summed E-state index contributed by atoms with van der Waals surface area (Å²) < 4.78 is 64.2. The van der Waals surface area contributed by atoms with Gasteiger partial charge in [0.05, 0.1) is 10.5 Å². The van der Waals surface area contributed by atoms with Crippen molar-refractivity contribution < 1.29 is 26.4 Å². The van der Waals surface area contributed by atoms with Gasteiger partial charge in [0, 0.05) is 11.8 Å². The zero-order valence-corrected chi connectivity index (χ0v) is 15.3. The van der Waals surface area contributed by atoms with E-state index in [4.69, 9.17) is 0 Å². The number of benzene rings is 2. The summed E-state index contributed by atoms with van der Waals surface area (Å²) in [6.45, 7) is 1.61. The Bertz CT molecular complexity index is 984. The van der Waals surface area contributed by atoms with Gasteiger partial charge in [-0.3, -0.25) is 4.79 Å². The average Bonchev–Trinajstić information content (AvgIpc) is 2.61. The Kier molecular flexibility index (Phi) is 6.07. The molecule has 0 saturated carbocycles. The molecule has 0 aliphatic heterocycles. The number of hydrogen-bond donors (Lipinski definition) is 2. The van der Waals surface area contributed by atoms with E-state index < -0.39 is 27.7 Å². The van der Waals surface area contributed by atoms with Crippen LogP contribution in [-0.4, -0.2) is 21.4 Å². The number of alkyl halides is 3. The fourth-order valence-electron chi connectivity index (χ4n) is 2.25. The van der Waals surface area contributed by atoms with Crippen LogP contribution in [0.1, 0.15) is 16.7 Å². The van der Waals surface area contributed by atoms with Gasteiger partial charge in [0.25, 0.3) is 0 Å². The number of carbonyl (C=O) groups excluding carboxylic acids is 1. The van der Waals surface area contributed by atoms with Gasteiger partial charge in [-0.25, -0.2) is 13.1 Å². The van der Waals surface area contributed by atoms with Crippen molar-refractivity contribution in [3.8, 4) is 0 Å². The topological polar surface area (TPSA) is 75.3 Å². The Morgan fingerprint density at radius 2 is 1.81 bits per heavy atom. The Hall–Kier alpha value is -2.65. The van der Waals surface area contributed by atoms with E-state index in [2.05, 4.69) is 10.0 Å². The zero-order chi connectivity index (χ0) is 20.2. The van der Waals surface area contributed by atoms with Crippen molar-refractivity contribution in [3.05, 3.63) is 65.2 Å². The van der Waals surface area contributed by atoms with E-state index in [1.54, 1.807) is 6.92 Å². The van der Waals surface area contributed by atoms with Gasteiger partial charge in [0.1, 0.15) is 0 Å². The molecule has 2 aromatic rings. The lowest BCUT2D eigenvalue weighted by Crippen LogP contribution is -2.20. The van der Waals surface area contributed by atoms with Crippen molar-refractivity contribution in [2.45, 2.75) is 18.0 Å². The fraction of sp³-hybridized carbons (Fsp3) is 0.167. The third-order valence-electron chi connectivity index (χ3n) is 3.66. The molecule has 2 N–H and O–H groups in total. The molecule has 2 aromatic carbocycles. The lowest BCUT2D eigenvalue weighted by molar-refractivity contribution is -0.137. The van der Waals surface area contributed by atoms with Crippen molar-refractivity contribution in [2.24, 2.45) is 0 Å². The number of nitrogens with one attached hydrogen (secondary N) is 2. The Balaban J connectivity index is 2.17. The number of hydrogen-bond acceptors (Lipinski definition) is 3. The Labute approximate surface area is 155 Å². The minimum Gasteiger partial charge on any atom is -0.322 e. The zero-order valence-electron chi connectivity index (χ0n) is 14.5. The normalized spacial score (nSPS) is 12.3. The third kappa shape index (κ3) is 5.41. The first kappa shape index (κ1) is 20.7. The molecular formula is C18H17F3N2O3S. The fourth-order valence-corrected chi connectivity index (χ4v) is 3.25. The number of halogens is 3. The standard InChI is InChI=1S/C18H17F3N2O3S/c1-12-6-8-15(11-16(12)27(25,26)22-2)23-17(24)9-7-13-4-3-5-14(10-13)18(19,20)21/h3-11,22H,1-2H3,(H,23,24)/b9-7+. The van der Waals surface area contributed by atoms with Gasteiger partial charge in [-0.05, 0) is 55.4 Å². The van der Waals surface area contributed by atoms with Crippen LogP contribution >= 0.6 is 0 Å². The van der Waals surface area contributed by atoms with Gasteiger partial charge >= 0.3 is 6.18 Å². The molecule has 0 spiro atoms. The van der Waals surface area contributed by atoms with Gasteiger partial charge in [0.2, 0.25) is 15.9 Å². The van der Waals surface area contributed by atoms with E-state index in [0.29, 0.717) is 5.56 Å². The summed E-state index contributed by atoms with van der Waals surface area (Å²) in [4.78, 5) is 12.0. The van der Waals surface area contributed by atoms with E-state index in [1.807, 2.05) is 0 Å². The number of rotatable bonds is 5. The van der Waals surface area contributed by atoms with Crippen LogP contribution in [0.5, 0.6) is 0 Å². The summed E-state index contributed by atoms with van der Waals surface area (Å²) >= 11 is 0. The summed E-state index contributed by atoms with van der Waals surface area (Å²) in [7, 11) is -2.41. The first-order valence-electron chi connectivity index (χ1n) is 7.73. The van der Waals surface area contributed by atoms with Crippen LogP contribution < -0.4 is 10.0 Å². The van der Waals surface area contributed by atoms with Gasteiger partial charge in [-0.2, -0.15) is 13.2 Å². The van der Waals surface area contributed by atoms with Gasteiger partial charge in [0.15, 0.2) is 0 Å². The minimum atomic E-state index is -4.47. The monoisotopic (exact) mass is 398 g/mol. The van der Waals surface area contributed by atoms with E-state index >= 15 is 0 Å². The second kappa shape index (κ2) is 7.93. The first-order valence-corrected chi connectivity index (χ1v) is 9.22. The van der Waals surface area contributed by atoms with Crippen LogP contribution in [0.3, 0.4) is 0 Å². The molecule has 0 fully saturated rings. The molecule has 27 heavy (non-hydrogen) atoms. The summed E-state index contributed by atoms with van der Waals surface area (Å²) in [6.07, 6.45) is -2.16. The molecule has 2 rings (SSSR count). The van der Waals surface area contributed by atoms with Crippen molar-refractivity contribution in [1.82, 2.24) is 4.72 Å². The minimum absolute atomic E-state index is 0.0182. The van der Waals surface area contributed by atoms with Crippen molar-refractivity contribution in [3.63, 3.8) is 0 Å². The van der Waals surface area contributed by atoms with Crippen LogP contribution in [0, 0.1) is 6.92 Å². The molecule has 0 bridgehead atoms. The molecule has 9 heteroatoms. The van der Waals surface area contributed by atoms with Crippen LogP contribution in [0.15, 0.2) is 53.4 Å². The lowest BCUT2D eigenvalue weighted by Gasteiger charge is -2.09. The number of amides is 1. The maximum absolute atomic E-state index is 12.7. The van der Waals surface area contributed by atoms with Crippen LogP contribution in [0.25, 0.3) is 6.08 Å². The largest absolute Gasteiger partial charge is 0.416 e. The van der Waals surface area contributed by atoms with Gasteiger partial charge < -0.3 is 5.32 Å². The maximum atomic E-state index is 12.7. The number of aryl methyl sites for hydroxylation is 1. The predicted octanol–water partition coefficient (Wildman–Crippen LogP) is 3.57. The van der Waals surface area contributed by atoms with Crippen LogP contribution in [0.2, 0.25) is 0 Å². The number of anilines is 1. The quantitative estimate of drug-likeness (QED) is 0.756. The highest BCUT2D eigenvalue weighted by atomic mass is 32.2. The Morgan fingerprint density at radius 1 is 1.11 bits per heavy atom. The van der Waals surface area contributed by atoms with E-state index in [1.165, 1.54) is 43.5 Å². The van der Waals surface area contributed by atoms with Crippen LogP contribution in [0.4, 0.5) is 18.9 Å². The highest BCUT2D eigenvalue weighted by molar-refractivity contribution is 7.89. The van der Waals surface area contributed by atoms with Crippen molar-refractivity contribution in [2.75, 3.05) is 12.4 Å². The SMILES string of the molecule is CNS(=O)(=O)c1cc(NC(=O)/C=C/c2cccc(C(F)(F)F)c2)ccc1C. The highest BCUT2D eigenvalue weighted by Crippen LogP contribution is 2.29. The molecule has 0 aliphatic carbocycles. The second-order valence-corrected chi connectivity index (χ2v) is 7.49. The molecule has 0 radical (unpaired) electrons. The molecule has 0 saturated heterocycles. The van der Waals surface area contributed by atoms with E-state index in [-0.39, 0.29) is 16.1 Å². The number of carbonyl (C=O) groups is 1. The molecule has 1 amide bonds. The van der Waals surface area contributed by atoms with Crippen molar-refractivity contribution >= 4 is 27.7 Å². The molecule has 0 aromatic heterocycles. The van der Waals surface area contributed by atoms with Crippen molar-refractivity contribution in [1.29, 1.82) is 0 Å². The van der Waals surface area contributed by atoms with E-state index in [9.17, 15) is 26.4 Å². The molecule has 144 valence electrons. The lowest BCUT2D eigenvalue weighted by atomic mass is 10.1.